The van der Waals surface area contributed by atoms with Gasteiger partial charge in [-0.3, -0.25) is 19.5 Å². The summed E-state index contributed by atoms with van der Waals surface area (Å²) in [7, 11) is 0. The minimum Gasteiger partial charge on any atom is -0.444 e. The number of hydrogen-bond acceptors (Lipinski definition) is 8. The fourth-order valence-corrected chi connectivity index (χ4v) is 4.56. The Morgan fingerprint density at radius 3 is 2.12 bits per heavy atom. The average molecular weight is 727 g/mol. The summed E-state index contributed by atoms with van der Waals surface area (Å²) in [6.45, 7) is 17.6. The highest BCUT2D eigenvalue weighted by atomic mass is 19.4. The molecule has 4 rings (SSSR count). The number of rotatable bonds is 10. The van der Waals surface area contributed by atoms with Gasteiger partial charge >= 0.3 is 12.3 Å². The number of alkyl halides is 3. The molecule has 0 radical (unpaired) electrons. The molecule has 1 atom stereocenters. The van der Waals surface area contributed by atoms with Crippen molar-refractivity contribution in [1.82, 2.24) is 35.4 Å². The van der Waals surface area contributed by atoms with Crippen molar-refractivity contribution in [3.63, 3.8) is 0 Å². The minimum absolute atomic E-state index is 0.0532. The Morgan fingerprint density at radius 2 is 1.58 bits per heavy atom. The first-order valence-corrected chi connectivity index (χ1v) is 17.1. The summed E-state index contributed by atoms with van der Waals surface area (Å²) in [5, 5.41) is 9.62. The van der Waals surface area contributed by atoms with Crippen LogP contribution in [0.2, 0.25) is 0 Å². The van der Waals surface area contributed by atoms with Crippen LogP contribution >= 0.6 is 0 Å². The monoisotopic (exact) mass is 726 g/mol. The lowest BCUT2D eigenvalue weighted by Gasteiger charge is -2.28. The Kier molecular flexibility index (Phi) is 16.4. The van der Waals surface area contributed by atoms with Crippen molar-refractivity contribution in [3.8, 4) is 5.69 Å². The molecule has 0 spiro atoms. The predicted molar refractivity (Wildman–Crippen MR) is 193 cm³/mol. The van der Waals surface area contributed by atoms with E-state index in [1.807, 2.05) is 97.0 Å². The van der Waals surface area contributed by atoms with Crippen molar-refractivity contribution in [3.05, 3.63) is 96.0 Å². The molecule has 0 saturated carbocycles. The number of benzene rings is 1. The van der Waals surface area contributed by atoms with Crippen molar-refractivity contribution in [2.45, 2.75) is 99.0 Å². The zero-order valence-corrected chi connectivity index (χ0v) is 31.2. The molecule has 15 heteroatoms. The third-order valence-electron chi connectivity index (χ3n) is 6.93. The number of nitrogens with zero attached hydrogens (tertiary/aromatic N) is 6. The van der Waals surface area contributed by atoms with Crippen molar-refractivity contribution in [1.29, 1.82) is 0 Å². The van der Waals surface area contributed by atoms with Gasteiger partial charge in [0, 0.05) is 24.5 Å². The average Bonchev–Trinajstić information content (AvgIpc) is 3.56. The molecule has 52 heavy (non-hydrogen) atoms. The third kappa shape index (κ3) is 12.8. The summed E-state index contributed by atoms with van der Waals surface area (Å²) < 4.78 is 45.7. The van der Waals surface area contributed by atoms with Gasteiger partial charge in [-0.2, -0.15) is 18.3 Å². The molecule has 0 aliphatic heterocycles. The van der Waals surface area contributed by atoms with Crippen molar-refractivity contribution in [2.75, 3.05) is 11.4 Å². The van der Waals surface area contributed by atoms with E-state index in [9.17, 15) is 27.6 Å². The Hall–Kier alpha value is -5.34. The van der Waals surface area contributed by atoms with Gasteiger partial charge in [0.1, 0.15) is 23.2 Å². The number of pyridine rings is 1. The molecule has 0 fully saturated rings. The normalized spacial score (nSPS) is 11.6. The van der Waals surface area contributed by atoms with Gasteiger partial charge in [-0.25, -0.2) is 19.4 Å². The summed E-state index contributed by atoms with van der Waals surface area (Å²) in [5.41, 5.74) is 0.708. The van der Waals surface area contributed by atoms with Crippen LogP contribution in [0.5, 0.6) is 0 Å². The second-order valence-corrected chi connectivity index (χ2v) is 12.3. The quantitative estimate of drug-likeness (QED) is 0.171. The molecule has 0 saturated heterocycles. The molecule has 0 bridgehead atoms. The molecule has 0 aliphatic carbocycles. The van der Waals surface area contributed by atoms with Gasteiger partial charge in [-0.05, 0) is 70.4 Å². The van der Waals surface area contributed by atoms with Crippen molar-refractivity contribution in [2.24, 2.45) is 0 Å². The molecule has 1 aromatic carbocycles. The SMILES string of the molecule is CC.CC(C)(C)OC(=O)NCc1ccccn1.CCC(NC(=O)c1nccc(C(F)(F)F)n1)C(=O)N(CC)c1c(C(C)C)cnn1-c1ccccc1. The molecule has 2 N–H and O–H groups in total. The number of likely N-dealkylation sites (N-methyl/N-ethyl adjacent to an activating group) is 1. The van der Waals surface area contributed by atoms with Crippen LogP contribution in [0.25, 0.3) is 5.69 Å². The van der Waals surface area contributed by atoms with Crippen LogP contribution < -0.4 is 15.5 Å². The summed E-state index contributed by atoms with van der Waals surface area (Å²) in [4.78, 5) is 50.1. The highest BCUT2D eigenvalue weighted by Gasteiger charge is 2.34. The van der Waals surface area contributed by atoms with Crippen LogP contribution in [-0.4, -0.2) is 60.8 Å². The summed E-state index contributed by atoms with van der Waals surface area (Å²) in [6.07, 6.45) is -0.686. The molecular formula is C37H49F3N8O4. The van der Waals surface area contributed by atoms with Crippen molar-refractivity contribution >= 4 is 23.7 Å². The lowest BCUT2D eigenvalue weighted by atomic mass is 10.1. The number of nitrogens with one attached hydrogen (secondary N) is 2. The fourth-order valence-electron chi connectivity index (χ4n) is 4.56. The predicted octanol–water partition coefficient (Wildman–Crippen LogP) is 7.50. The molecule has 0 aliphatic rings. The second-order valence-electron chi connectivity index (χ2n) is 12.3. The number of hydrogen-bond donors (Lipinski definition) is 2. The molecule has 3 amide bonds. The molecule has 1 unspecified atom stereocenters. The van der Waals surface area contributed by atoms with Gasteiger partial charge in [0.2, 0.25) is 5.82 Å². The van der Waals surface area contributed by atoms with Crippen LogP contribution in [-0.2, 0) is 22.3 Å². The largest absolute Gasteiger partial charge is 0.444 e. The number of carbonyl (C=O) groups excluding carboxylic acids is 3. The summed E-state index contributed by atoms with van der Waals surface area (Å²) >= 11 is 0. The van der Waals surface area contributed by atoms with Crippen LogP contribution in [0.15, 0.2) is 73.2 Å². The van der Waals surface area contributed by atoms with Gasteiger partial charge in [0.05, 0.1) is 24.1 Å². The van der Waals surface area contributed by atoms with E-state index in [-0.39, 0.29) is 18.9 Å². The van der Waals surface area contributed by atoms with Gasteiger partial charge in [0.15, 0.2) is 0 Å². The number of alkyl carbamates (subject to hydrolysis) is 1. The maximum Gasteiger partial charge on any atom is 0.433 e. The van der Waals surface area contributed by atoms with E-state index in [2.05, 4.69) is 30.7 Å². The maximum absolute atomic E-state index is 13.6. The first kappa shape index (κ1) is 42.8. The first-order valence-electron chi connectivity index (χ1n) is 17.1. The zero-order valence-electron chi connectivity index (χ0n) is 31.2. The van der Waals surface area contributed by atoms with E-state index >= 15 is 0 Å². The van der Waals surface area contributed by atoms with E-state index in [0.29, 0.717) is 18.4 Å². The van der Waals surface area contributed by atoms with E-state index in [4.69, 9.17) is 4.74 Å². The lowest BCUT2D eigenvalue weighted by Crippen LogP contribution is -2.49. The number of amides is 3. The minimum atomic E-state index is -4.72. The van der Waals surface area contributed by atoms with Crippen molar-refractivity contribution < 1.29 is 32.3 Å². The molecule has 3 aromatic heterocycles. The first-order chi connectivity index (χ1) is 24.6. The van der Waals surface area contributed by atoms with Crippen LogP contribution in [0, 0.1) is 0 Å². The van der Waals surface area contributed by atoms with Crippen LogP contribution in [0.1, 0.15) is 102 Å². The van der Waals surface area contributed by atoms with E-state index in [1.54, 1.807) is 30.9 Å². The third-order valence-corrected chi connectivity index (χ3v) is 6.93. The Balaban J connectivity index is 0.000000460. The van der Waals surface area contributed by atoms with E-state index < -0.39 is 47.2 Å². The maximum atomic E-state index is 13.6. The van der Waals surface area contributed by atoms with E-state index in [1.165, 1.54) is 4.90 Å². The number of anilines is 1. The topological polar surface area (TPSA) is 144 Å². The second kappa shape index (κ2) is 19.9. The Morgan fingerprint density at radius 1 is 0.923 bits per heavy atom. The van der Waals surface area contributed by atoms with Gasteiger partial charge in [-0.15, -0.1) is 0 Å². The number of ether oxygens (including phenoxy) is 1. The summed E-state index contributed by atoms with van der Waals surface area (Å²) in [5.74, 6) is -1.42. The zero-order chi connectivity index (χ0) is 39.1. The number of aromatic nitrogens is 5. The highest BCUT2D eigenvalue weighted by Crippen LogP contribution is 2.31. The smallest absolute Gasteiger partial charge is 0.433 e. The molecule has 12 nitrogen and oxygen atoms in total. The molecule has 282 valence electrons. The van der Waals surface area contributed by atoms with Crippen LogP contribution in [0.3, 0.4) is 0 Å². The lowest BCUT2D eigenvalue weighted by molar-refractivity contribution is -0.141. The van der Waals surface area contributed by atoms with Gasteiger partial charge in [-0.1, -0.05) is 58.9 Å². The van der Waals surface area contributed by atoms with E-state index in [0.717, 1.165) is 23.1 Å². The Bertz CT molecular complexity index is 1710. The Labute approximate surface area is 303 Å². The molecule has 3 heterocycles. The number of carbonyl (C=O) groups is 3. The summed E-state index contributed by atoms with van der Waals surface area (Å²) in [6, 6.07) is 14.5. The highest BCUT2D eigenvalue weighted by molar-refractivity contribution is 6.01. The van der Waals surface area contributed by atoms with Crippen LogP contribution in [0.4, 0.5) is 23.8 Å². The number of halogens is 3. The molecule has 4 aromatic rings. The molecular weight excluding hydrogens is 677 g/mol. The number of para-hydroxylation sites is 1. The fraction of sp³-hybridized carbons (Fsp3) is 0.432. The standard InChI is InChI=1S/C24H27F3N6O2.C11H16N2O2.C2H6/c1-5-18(30-21(34)20-28-13-12-19(31-20)24(25,26)27)23(35)32(6-2)22-17(15(3)4)14-29-33(22)16-10-8-7-9-11-16;1-11(2,3)15-10(14)13-8-9-6-4-5-7-12-9;1-2/h7-15,18H,5-6H2,1-4H3,(H,30,34);4-7H,8H2,1-3H3,(H,13,14);1-2H3. The van der Waals surface area contributed by atoms with Gasteiger partial charge in [0.25, 0.3) is 11.8 Å². The van der Waals surface area contributed by atoms with Gasteiger partial charge < -0.3 is 15.4 Å².